The number of methoxy groups -OCH3 is 2. The molecule has 0 bridgehead atoms. The molecule has 3 aromatic rings. The summed E-state index contributed by atoms with van der Waals surface area (Å²) in [7, 11) is 3.30. The second kappa shape index (κ2) is 5.69. The first-order chi connectivity index (χ1) is 10.7. The van der Waals surface area contributed by atoms with Crippen molar-refractivity contribution < 1.29 is 9.47 Å². The lowest BCUT2D eigenvalue weighted by Crippen LogP contribution is -1.98. The van der Waals surface area contributed by atoms with Gasteiger partial charge in [0.05, 0.1) is 19.9 Å². The molecular formula is C17H19N3O2. The van der Waals surface area contributed by atoms with Crippen LogP contribution in [0.2, 0.25) is 0 Å². The van der Waals surface area contributed by atoms with Gasteiger partial charge in [0, 0.05) is 24.0 Å². The fraction of sp³-hybridized carbons (Fsp3) is 0.235. The highest BCUT2D eigenvalue weighted by Crippen LogP contribution is 2.35. The number of fused-ring (bicyclic) bond motifs is 1. The second-order valence-corrected chi connectivity index (χ2v) is 5.08. The van der Waals surface area contributed by atoms with E-state index in [9.17, 15) is 0 Å². The van der Waals surface area contributed by atoms with E-state index in [-0.39, 0.29) is 0 Å². The Bertz CT molecular complexity index is 824. The van der Waals surface area contributed by atoms with Crippen molar-refractivity contribution in [1.29, 1.82) is 0 Å². The minimum atomic E-state index is 0.505. The summed E-state index contributed by atoms with van der Waals surface area (Å²) in [6, 6.07) is 9.68. The van der Waals surface area contributed by atoms with Gasteiger partial charge in [-0.1, -0.05) is 6.07 Å². The number of hydrogen-bond acceptors (Lipinski definition) is 4. The van der Waals surface area contributed by atoms with Gasteiger partial charge >= 0.3 is 0 Å². The van der Waals surface area contributed by atoms with Crippen molar-refractivity contribution in [2.45, 2.75) is 13.5 Å². The van der Waals surface area contributed by atoms with E-state index in [1.165, 1.54) is 0 Å². The molecule has 5 heteroatoms. The molecule has 0 aliphatic carbocycles. The Labute approximate surface area is 129 Å². The lowest BCUT2D eigenvalue weighted by molar-refractivity contribution is 0.404. The van der Waals surface area contributed by atoms with Crippen LogP contribution in [0.4, 0.5) is 0 Å². The van der Waals surface area contributed by atoms with Gasteiger partial charge in [0.15, 0.2) is 0 Å². The summed E-state index contributed by atoms with van der Waals surface area (Å²) >= 11 is 0. The number of hydrogen-bond donors (Lipinski definition) is 1. The van der Waals surface area contributed by atoms with Crippen LogP contribution < -0.4 is 15.2 Å². The van der Waals surface area contributed by atoms with Crippen molar-refractivity contribution in [3.63, 3.8) is 0 Å². The molecular weight excluding hydrogens is 278 g/mol. The van der Waals surface area contributed by atoms with Crippen LogP contribution >= 0.6 is 0 Å². The molecule has 22 heavy (non-hydrogen) atoms. The quantitative estimate of drug-likeness (QED) is 0.804. The van der Waals surface area contributed by atoms with Crippen LogP contribution in [0, 0.1) is 6.92 Å². The van der Waals surface area contributed by atoms with Crippen LogP contribution in [0.15, 0.2) is 36.5 Å². The summed E-state index contributed by atoms with van der Waals surface area (Å²) in [6.07, 6.45) is 2.02. The lowest BCUT2D eigenvalue weighted by atomic mass is 10.1. The van der Waals surface area contributed by atoms with E-state index in [0.717, 1.165) is 39.7 Å². The predicted octanol–water partition coefficient (Wildman–Crippen LogP) is 2.79. The summed E-state index contributed by atoms with van der Waals surface area (Å²) in [6.45, 7) is 2.54. The number of benzene rings is 1. The maximum atomic E-state index is 5.72. The Hall–Kier alpha value is -2.53. The van der Waals surface area contributed by atoms with Crippen LogP contribution in [-0.2, 0) is 6.54 Å². The fourth-order valence-corrected chi connectivity index (χ4v) is 2.58. The smallest absolute Gasteiger partial charge is 0.137 e. The normalized spacial score (nSPS) is 10.9. The average Bonchev–Trinajstić information content (AvgIpc) is 2.90. The van der Waals surface area contributed by atoms with Crippen molar-refractivity contribution in [3.05, 3.63) is 47.8 Å². The molecule has 2 N–H and O–H groups in total. The lowest BCUT2D eigenvalue weighted by Gasteiger charge is -2.09. The molecule has 1 aromatic carbocycles. The zero-order chi connectivity index (χ0) is 15.7. The number of aryl methyl sites for hydroxylation is 1. The standard InChI is InChI=1S/C17H19N3O2/c1-11-17(14-8-13(21-2)5-6-15(14)22-3)19-16-7-4-12(9-18)10-20(11)16/h4-8,10H,9,18H2,1-3H3. The van der Waals surface area contributed by atoms with Crippen molar-refractivity contribution >= 4 is 5.65 Å². The molecule has 0 amide bonds. The first kappa shape index (κ1) is 14.4. The molecule has 0 aliphatic rings. The topological polar surface area (TPSA) is 61.8 Å². The third-order valence-corrected chi connectivity index (χ3v) is 3.82. The molecule has 2 aromatic heterocycles. The Balaban J connectivity index is 2.23. The van der Waals surface area contributed by atoms with Crippen molar-refractivity contribution in [2.24, 2.45) is 5.73 Å². The Morgan fingerprint density at radius 3 is 2.64 bits per heavy atom. The van der Waals surface area contributed by atoms with Crippen LogP contribution in [-0.4, -0.2) is 23.6 Å². The first-order valence-corrected chi connectivity index (χ1v) is 7.08. The van der Waals surface area contributed by atoms with Gasteiger partial charge in [0.2, 0.25) is 0 Å². The Morgan fingerprint density at radius 2 is 1.95 bits per heavy atom. The Morgan fingerprint density at radius 1 is 1.14 bits per heavy atom. The van der Waals surface area contributed by atoms with Crippen LogP contribution in [0.3, 0.4) is 0 Å². The third kappa shape index (κ3) is 2.29. The van der Waals surface area contributed by atoms with Gasteiger partial charge in [0.1, 0.15) is 17.1 Å². The molecule has 5 nitrogen and oxygen atoms in total. The zero-order valence-corrected chi connectivity index (χ0v) is 13.0. The average molecular weight is 297 g/mol. The molecule has 0 saturated heterocycles. The van der Waals surface area contributed by atoms with Crippen LogP contribution in [0.25, 0.3) is 16.9 Å². The zero-order valence-electron chi connectivity index (χ0n) is 13.0. The predicted molar refractivity (Wildman–Crippen MR) is 86.4 cm³/mol. The number of imidazole rings is 1. The molecule has 0 atom stereocenters. The van der Waals surface area contributed by atoms with Crippen molar-refractivity contribution in [1.82, 2.24) is 9.38 Å². The van der Waals surface area contributed by atoms with E-state index in [2.05, 4.69) is 4.40 Å². The number of rotatable bonds is 4. The molecule has 3 rings (SSSR count). The summed E-state index contributed by atoms with van der Waals surface area (Å²) in [4.78, 5) is 4.73. The van der Waals surface area contributed by atoms with Crippen molar-refractivity contribution in [2.75, 3.05) is 14.2 Å². The summed E-state index contributed by atoms with van der Waals surface area (Å²) < 4.78 is 12.8. The van der Waals surface area contributed by atoms with Gasteiger partial charge in [-0.2, -0.15) is 0 Å². The van der Waals surface area contributed by atoms with Crippen LogP contribution in [0.5, 0.6) is 11.5 Å². The van der Waals surface area contributed by atoms with Gasteiger partial charge in [-0.3, -0.25) is 0 Å². The molecule has 0 aliphatic heterocycles. The first-order valence-electron chi connectivity index (χ1n) is 7.08. The number of nitrogens with two attached hydrogens (primary N) is 1. The van der Waals surface area contributed by atoms with Gasteiger partial charge in [0.25, 0.3) is 0 Å². The summed E-state index contributed by atoms with van der Waals surface area (Å²) in [5.41, 5.74) is 10.5. The monoisotopic (exact) mass is 297 g/mol. The van der Waals surface area contributed by atoms with E-state index >= 15 is 0 Å². The largest absolute Gasteiger partial charge is 0.497 e. The summed E-state index contributed by atoms with van der Waals surface area (Å²) in [5, 5.41) is 0. The molecule has 0 unspecified atom stereocenters. The molecule has 0 saturated carbocycles. The third-order valence-electron chi connectivity index (χ3n) is 3.82. The second-order valence-electron chi connectivity index (χ2n) is 5.08. The number of ether oxygens (including phenoxy) is 2. The minimum absolute atomic E-state index is 0.505. The number of pyridine rings is 1. The maximum absolute atomic E-state index is 5.72. The van der Waals surface area contributed by atoms with E-state index in [1.54, 1.807) is 14.2 Å². The highest BCUT2D eigenvalue weighted by atomic mass is 16.5. The van der Waals surface area contributed by atoms with E-state index in [4.69, 9.17) is 20.2 Å². The fourth-order valence-electron chi connectivity index (χ4n) is 2.58. The minimum Gasteiger partial charge on any atom is -0.497 e. The molecule has 0 spiro atoms. The van der Waals surface area contributed by atoms with Gasteiger partial charge < -0.3 is 19.6 Å². The van der Waals surface area contributed by atoms with E-state index in [0.29, 0.717) is 6.54 Å². The molecule has 0 radical (unpaired) electrons. The highest BCUT2D eigenvalue weighted by molar-refractivity contribution is 5.73. The molecule has 2 heterocycles. The van der Waals surface area contributed by atoms with Crippen molar-refractivity contribution in [3.8, 4) is 22.8 Å². The highest BCUT2D eigenvalue weighted by Gasteiger charge is 2.15. The van der Waals surface area contributed by atoms with Crippen LogP contribution in [0.1, 0.15) is 11.3 Å². The van der Waals surface area contributed by atoms with Gasteiger partial charge in [-0.25, -0.2) is 4.98 Å². The molecule has 114 valence electrons. The van der Waals surface area contributed by atoms with Gasteiger partial charge in [-0.15, -0.1) is 0 Å². The van der Waals surface area contributed by atoms with E-state index in [1.807, 2.05) is 43.5 Å². The molecule has 0 fully saturated rings. The summed E-state index contributed by atoms with van der Waals surface area (Å²) in [5.74, 6) is 1.54. The maximum Gasteiger partial charge on any atom is 0.137 e. The van der Waals surface area contributed by atoms with E-state index < -0.39 is 0 Å². The Kier molecular flexibility index (Phi) is 3.73. The number of aromatic nitrogens is 2. The number of nitrogens with zero attached hydrogens (tertiary/aromatic N) is 2. The van der Waals surface area contributed by atoms with Gasteiger partial charge in [-0.05, 0) is 36.8 Å². The SMILES string of the molecule is COc1ccc(OC)c(-c2nc3ccc(CN)cn3c2C)c1.